The van der Waals surface area contributed by atoms with Gasteiger partial charge in [-0.05, 0) is 43.7 Å². The van der Waals surface area contributed by atoms with Gasteiger partial charge in [0, 0.05) is 38.9 Å². The number of fused-ring (bicyclic) bond motifs is 1. The molecule has 28 heavy (non-hydrogen) atoms. The first-order chi connectivity index (χ1) is 13.4. The summed E-state index contributed by atoms with van der Waals surface area (Å²) in [6, 6.07) is 9.38. The van der Waals surface area contributed by atoms with Crippen LogP contribution in [0.1, 0.15) is 27.3 Å². The maximum atomic E-state index is 12.8. The van der Waals surface area contributed by atoms with Crippen LogP contribution in [0.4, 0.5) is 0 Å². The van der Waals surface area contributed by atoms with Crippen molar-refractivity contribution in [3.63, 3.8) is 0 Å². The zero-order valence-electron chi connectivity index (χ0n) is 16.0. The summed E-state index contributed by atoms with van der Waals surface area (Å²) in [7, 11) is 0. The molecule has 0 bridgehead atoms. The third kappa shape index (κ3) is 3.62. The van der Waals surface area contributed by atoms with E-state index in [0.717, 1.165) is 31.0 Å². The number of carbonyl (C=O) groups is 1. The largest absolute Gasteiger partial charge is 0.336 e. The molecule has 1 amide bonds. The van der Waals surface area contributed by atoms with E-state index in [1.54, 1.807) is 18.2 Å². The van der Waals surface area contributed by atoms with E-state index >= 15 is 0 Å². The molecule has 7 heteroatoms. The average molecular weight is 417 g/mol. The summed E-state index contributed by atoms with van der Waals surface area (Å²) in [6.45, 7) is 7.89. The number of aromatic nitrogens is 2. The Morgan fingerprint density at radius 2 is 1.86 bits per heavy atom. The van der Waals surface area contributed by atoms with E-state index < -0.39 is 0 Å². The standard InChI is InChI=1S/C21H22Cl2N4O/c1-14-6-7-27-18(15(2)24-19(27)12-14)13-25-8-10-26(11-9-25)21(28)16-4-3-5-17(22)20(16)23/h3-7,12H,8-11,13H2,1-2H3. The molecule has 0 atom stereocenters. The van der Waals surface area contributed by atoms with E-state index in [1.807, 2.05) is 4.90 Å². The summed E-state index contributed by atoms with van der Waals surface area (Å²) in [4.78, 5) is 21.7. The predicted molar refractivity (Wildman–Crippen MR) is 112 cm³/mol. The highest BCUT2D eigenvalue weighted by Gasteiger charge is 2.25. The van der Waals surface area contributed by atoms with Crippen molar-refractivity contribution in [2.24, 2.45) is 0 Å². The Balaban J connectivity index is 1.44. The Morgan fingerprint density at radius 3 is 2.61 bits per heavy atom. The number of piperazine rings is 1. The molecule has 0 aliphatic carbocycles. The first-order valence-corrected chi connectivity index (χ1v) is 10.1. The third-order valence-corrected chi connectivity index (χ3v) is 6.11. The van der Waals surface area contributed by atoms with Crippen molar-refractivity contribution in [3.8, 4) is 0 Å². The monoisotopic (exact) mass is 416 g/mol. The number of carbonyl (C=O) groups excluding carboxylic acids is 1. The highest BCUT2D eigenvalue weighted by atomic mass is 35.5. The number of rotatable bonds is 3. The molecule has 4 rings (SSSR count). The lowest BCUT2D eigenvalue weighted by Gasteiger charge is -2.35. The maximum absolute atomic E-state index is 12.8. The average Bonchev–Trinajstić information content (AvgIpc) is 2.98. The topological polar surface area (TPSA) is 40.9 Å². The van der Waals surface area contributed by atoms with Gasteiger partial charge in [-0.3, -0.25) is 9.69 Å². The molecule has 1 saturated heterocycles. The molecule has 0 saturated carbocycles. The Labute approximate surface area is 174 Å². The van der Waals surface area contributed by atoms with E-state index in [4.69, 9.17) is 23.2 Å². The number of aryl methyl sites for hydroxylation is 2. The van der Waals surface area contributed by atoms with E-state index in [0.29, 0.717) is 28.7 Å². The number of benzene rings is 1. The number of nitrogens with zero attached hydrogens (tertiary/aromatic N) is 4. The molecule has 0 radical (unpaired) electrons. The smallest absolute Gasteiger partial charge is 0.255 e. The van der Waals surface area contributed by atoms with Crippen LogP contribution in [0.25, 0.3) is 5.65 Å². The summed E-state index contributed by atoms with van der Waals surface area (Å²) in [5.41, 5.74) is 4.91. The van der Waals surface area contributed by atoms with Crippen molar-refractivity contribution in [2.75, 3.05) is 26.2 Å². The van der Waals surface area contributed by atoms with Gasteiger partial charge in [0.1, 0.15) is 5.65 Å². The summed E-state index contributed by atoms with van der Waals surface area (Å²) >= 11 is 12.3. The van der Waals surface area contributed by atoms with E-state index in [1.165, 1.54) is 11.3 Å². The zero-order valence-corrected chi connectivity index (χ0v) is 17.5. The van der Waals surface area contributed by atoms with Crippen LogP contribution in [0, 0.1) is 13.8 Å². The van der Waals surface area contributed by atoms with Crippen molar-refractivity contribution in [1.82, 2.24) is 19.2 Å². The van der Waals surface area contributed by atoms with Gasteiger partial charge in [-0.1, -0.05) is 29.3 Å². The normalized spacial score (nSPS) is 15.4. The van der Waals surface area contributed by atoms with Crippen molar-refractivity contribution in [1.29, 1.82) is 0 Å². The summed E-state index contributed by atoms with van der Waals surface area (Å²) in [5.74, 6) is -0.0615. The summed E-state index contributed by atoms with van der Waals surface area (Å²) in [5, 5.41) is 0.734. The quantitative estimate of drug-likeness (QED) is 0.641. The molecule has 1 fully saturated rings. The molecular formula is C21H22Cl2N4O. The summed E-state index contributed by atoms with van der Waals surface area (Å²) in [6.07, 6.45) is 2.08. The molecule has 5 nitrogen and oxygen atoms in total. The predicted octanol–water partition coefficient (Wildman–Crippen LogP) is 4.22. The molecule has 1 aliphatic heterocycles. The second-order valence-electron chi connectivity index (χ2n) is 7.25. The minimum absolute atomic E-state index is 0.0615. The molecule has 146 valence electrons. The minimum Gasteiger partial charge on any atom is -0.336 e. The molecule has 3 aromatic rings. The van der Waals surface area contributed by atoms with Crippen molar-refractivity contribution in [3.05, 3.63) is 69.1 Å². The van der Waals surface area contributed by atoms with Gasteiger partial charge in [0.15, 0.2) is 0 Å². The molecule has 2 aromatic heterocycles. The van der Waals surface area contributed by atoms with Gasteiger partial charge in [-0.25, -0.2) is 4.98 Å². The van der Waals surface area contributed by atoms with Gasteiger partial charge in [0.2, 0.25) is 0 Å². The van der Waals surface area contributed by atoms with Crippen molar-refractivity contribution >= 4 is 34.8 Å². The SMILES string of the molecule is Cc1ccn2c(CN3CCN(C(=O)c4cccc(Cl)c4Cl)CC3)c(C)nc2c1. The Bertz CT molecular complexity index is 1040. The lowest BCUT2D eigenvalue weighted by molar-refractivity contribution is 0.0626. The Hall–Kier alpha value is -2.08. The van der Waals surface area contributed by atoms with E-state index in [9.17, 15) is 4.79 Å². The molecule has 0 N–H and O–H groups in total. The second kappa shape index (κ2) is 7.74. The number of amides is 1. The Kier molecular flexibility index (Phi) is 5.32. The fourth-order valence-electron chi connectivity index (χ4n) is 3.67. The van der Waals surface area contributed by atoms with Crippen LogP contribution in [0.5, 0.6) is 0 Å². The van der Waals surface area contributed by atoms with Crippen LogP contribution >= 0.6 is 23.2 Å². The van der Waals surface area contributed by atoms with E-state index in [2.05, 4.69) is 46.5 Å². The second-order valence-corrected chi connectivity index (χ2v) is 8.03. The lowest BCUT2D eigenvalue weighted by Crippen LogP contribution is -2.48. The van der Waals surface area contributed by atoms with Gasteiger partial charge in [-0.15, -0.1) is 0 Å². The molecule has 3 heterocycles. The van der Waals surface area contributed by atoms with Crippen molar-refractivity contribution < 1.29 is 4.79 Å². The Morgan fingerprint density at radius 1 is 1.11 bits per heavy atom. The first-order valence-electron chi connectivity index (χ1n) is 9.34. The third-order valence-electron chi connectivity index (χ3n) is 5.30. The van der Waals surface area contributed by atoms with Gasteiger partial charge < -0.3 is 9.30 Å². The number of hydrogen-bond acceptors (Lipinski definition) is 3. The highest BCUT2D eigenvalue weighted by molar-refractivity contribution is 6.43. The van der Waals surface area contributed by atoms with Crippen LogP contribution in [-0.2, 0) is 6.54 Å². The van der Waals surface area contributed by atoms with Crippen LogP contribution < -0.4 is 0 Å². The number of pyridine rings is 1. The number of halogens is 2. The van der Waals surface area contributed by atoms with Crippen molar-refractivity contribution in [2.45, 2.75) is 20.4 Å². The summed E-state index contributed by atoms with van der Waals surface area (Å²) < 4.78 is 2.16. The fraction of sp³-hybridized carbons (Fsp3) is 0.333. The number of imidazole rings is 1. The molecular weight excluding hydrogens is 395 g/mol. The van der Waals surface area contributed by atoms with Gasteiger partial charge >= 0.3 is 0 Å². The van der Waals surface area contributed by atoms with Gasteiger partial charge in [0.05, 0.1) is 27.0 Å². The van der Waals surface area contributed by atoms with Gasteiger partial charge in [-0.2, -0.15) is 0 Å². The zero-order chi connectivity index (χ0) is 19.8. The maximum Gasteiger partial charge on any atom is 0.255 e. The minimum atomic E-state index is -0.0615. The number of hydrogen-bond donors (Lipinski definition) is 0. The lowest BCUT2D eigenvalue weighted by atomic mass is 10.1. The van der Waals surface area contributed by atoms with Gasteiger partial charge in [0.25, 0.3) is 5.91 Å². The fourth-order valence-corrected chi connectivity index (χ4v) is 4.05. The first kappa shape index (κ1) is 19.2. The highest BCUT2D eigenvalue weighted by Crippen LogP contribution is 2.27. The van der Waals surface area contributed by atoms with Crippen LogP contribution in [0.3, 0.4) is 0 Å². The molecule has 1 aliphatic rings. The van der Waals surface area contributed by atoms with Crippen LogP contribution in [0.15, 0.2) is 36.5 Å². The molecule has 0 spiro atoms. The molecule has 0 unspecified atom stereocenters. The molecule has 1 aromatic carbocycles. The van der Waals surface area contributed by atoms with Crippen LogP contribution in [-0.4, -0.2) is 51.3 Å². The van der Waals surface area contributed by atoms with E-state index in [-0.39, 0.29) is 5.91 Å². The van der Waals surface area contributed by atoms with Crippen LogP contribution in [0.2, 0.25) is 10.0 Å².